The second-order valence-corrected chi connectivity index (χ2v) is 4.78. The normalized spacial score (nSPS) is 13.8. The number of hydrogen-bond donors (Lipinski definition) is 3. The average Bonchev–Trinajstić information content (AvgIpc) is 2.90. The van der Waals surface area contributed by atoms with Crippen LogP contribution < -0.4 is 16.0 Å². The first-order valence-electron chi connectivity index (χ1n) is 7.19. The molecule has 0 radical (unpaired) electrons. The van der Waals surface area contributed by atoms with Crippen LogP contribution >= 0.6 is 0 Å². The molecular weight excluding hydrogens is 258 g/mol. The van der Waals surface area contributed by atoms with Gasteiger partial charge in [0.1, 0.15) is 6.04 Å². The van der Waals surface area contributed by atoms with Gasteiger partial charge in [-0.05, 0) is 33.2 Å². The molecule has 0 saturated carbocycles. The lowest BCUT2D eigenvalue weighted by Crippen LogP contribution is -2.37. The van der Waals surface area contributed by atoms with Crippen LogP contribution in [0, 0.1) is 0 Å². The van der Waals surface area contributed by atoms with Gasteiger partial charge in [-0.25, -0.2) is 0 Å². The van der Waals surface area contributed by atoms with Gasteiger partial charge in [-0.3, -0.25) is 4.79 Å². The van der Waals surface area contributed by atoms with Crippen molar-refractivity contribution in [3.8, 4) is 0 Å². The summed E-state index contributed by atoms with van der Waals surface area (Å²) < 4.78 is 5.49. The zero-order valence-electron chi connectivity index (χ0n) is 12.7. The van der Waals surface area contributed by atoms with E-state index in [1.54, 1.807) is 6.92 Å². The van der Waals surface area contributed by atoms with Crippen molar-refractivity contribution in [2.75, 3.05) is 18.4 Å². The Balaban J connectivity index is 2.48. The van der Waals surface area contributed by atoms with E-state index in [9.17, 15) is 4.79 Å². The van der Waals surface area contributed by atoms with E-state index < -0.39 is 6.04 Å². The third-order valence-electron chi connectivity index (χ3n) is 2.79. The number of rotatable bonds is 9. The van der Waals surface area contributed by atoms with Crippen molar-refractivity contribution in [2.24, 2.45) is 0 Å². The fraction of sp³-hybridized carbons (Fsp3) is 0.769. The molecule has 3 N–H and O–H groups in total. The third-order valence-corrected chi connectivity index (χ3v) is 2.79. The van der Waals surface area contributed by atoms with Crippen LogP contribution in [-0.2, 0) is 4.79 Å². The first-order chi connectivity index (χ1) is 9.58. The molecule has 7 heteroatoms. The number of nitrogens with zero attached hydrogens (tertiary/aromatic N) is 2. The molecule has 0 aromatic carbocycles. The van der Waals surface area contributed by atoms with Crippen molar-refractivity contribution in [1.82, 2.24) is 20.8 Å². The molecule has 1 amide bonds. The minimum atomic E-state index is -0.409. The molecule has 114 valence electrons. The Labute approximate surface area is 119 Å². The monoisotopic (exact) mass is 283 g/mol. The minimum Gasteiger partial charge on any atom is -0.406 e. The maximum Gasteiger partial charge on any atom is 0.316 e. The molecule has 0 aliphatic rings. The summed E-state index contributed by atoms with van der Waals surface area (Å²) in [6, 6.07) is -0.139. The van der Waals surface area contributed by atoms with Gasteiger partial charge in [0.05, 0.1) is 6.04 Å². The maximum absolute atomic E-state index is 11.7. The number of nitrogens with one attached hydrogen (secondary N) is 3. The molecule has 0 fully saturated rings. The zero-order chi connectivity index (χ0) is 15.0. The lowest BCUT2D eigenvalue weighted by atomic mass is 10.3. The predicted octanol–water partition coefficient (Wildman–Crippen LogP) is 1.46. The fourth-order valence-electron chi connectivity index (χ4n) is 1.57. The molecule has 1 heterocycles. The smallest absolute Gasteiger partial charge is 0.316 e. The summed E-state index contributed by atoms with van der Waals surface area (Å²) in [5.41, 5.74) is 0. The first kappa shape index (κ1) is 16.4. The SMILES string of the molecule is CCCNC(=O)C(C)Nc1nnc(C(C)NCCC)o1. The van der Waals surface area contributed by atoms with E-state index in [0.29, 0.717) is 12.4 Å². The quantitative estimate of drug-likeness (QED) is 0.635. The van der Waals surface area contributed by atoms with Gasteiger partial charge in [0.15, 0.2) is 0 Å². The second kappa shape index (κ2) is 8.52. The summed E-state index contributed by atoms with van der Waals surface area (Å²) in [5, 5.41) is 16.8. The van der Waals surface area contributed by atoms with Crippen molar-refractivity contribution in [3.05, 3.63) is 5.89 Å². The van der Waals surface area contributed by atoms with Gasteiger partial charge in [-0.15, -0.1) is 5.10 Å². The molecule has 2 unspecified atom stereocenters. The molecular formula is C13H25N5O2. The lowest BCUT2D eigenvalue weighted by Gasteiger charge is -2.11. The summed E-state index contributed by atoms with van der Waals surface area (Å²) in [4.78, 5) is 11.7. The Morgan fingerprint density at radius 2 is 1.90 bits per heavy atom. The summed E-state index contributed by atoms with van der Waals surface area (Å²) >= 11 is 0. The Bertz CT molecular complexity index is 407. The predicted molar refractivity (Wildman–Crippen MR) is 77.4 cm³/mol. The number of aromatic nitrogens is 2. The number of carbonyl (C=O) groups is 1. The van der Waals surface area contributed by atoms with Crippen LogP contribution in [0.1, 0.15) is 52.5 Å². The Kier molecular flexibility index (Phi) is 7.00. The number of carbonyl (C=O) groups excluding carboxylic acids is 1. The largest absolute Gasteiger partial charge is 0.406 e. The molecule has 1 aromatic heterocycles. The van der Waals surface area contributed by atoms with Crippen molar-refractivity contribution < 1.29 is 9.21 Å². The molecule has 0 aliphatic carbocycles. The van der Waals surface area contributed by atoms with Crippen LogP contribution in [0.3, 0.4) is 0 Å². The van der Waals surface area contributed by atoms with E-state index >= 15 is 0 Å². The third kappa shape index (κ3) is 5.16. The maximum atomic E-state index is 11.7. The number of anilines is 1. The summed E-state index contributed by atoms with van der Waals surface area (Å²) in [5.74, 6) is 0.436. The highest BCUT2D eigenvalue weighted by atomic mass is 16.4. The van der Waals surface area contributed by atoms with Crippen molar-refractivity contribution >= 4 is 11.9 Å². The van der Waals surface area contributed by atoms with Crippen LogP contribution in [0.2, 0.25) is 0 Å². The molecule has 1 aromatic rings. The number of amides is 1. The van der Waals surface area contributed by atoms with E-state index in [-0.39, 0.29) is 18.0 Å². The van der Waals surface area contributed by atoms with Crippen LogP contribution in [0.4, 0.5) is 6.01 Å². The molecule has 20 heavy (non-hydrogen) atoms. The van der Waals surface area contributed by atoms with Gasteiger partial charge in [-0.2, -0.15) is 0 Å². The van der Waals surface area contributed by atoms with Crippen molar-refractivity contribution in [1.29, 1.82) is 0 Å². The molecule has 0 aliphatic heterocycles. The van der Waals surface area contributed by atoms with E-state index in [0.717, 1.165) is 19.4 Å². The molecule has 0 spiro atoms. The highest BCUT2D eigenvalue weighted by molar-refractivity contribution is 5.83. The Morgan fingerprint density at radius 1 is 1.20 bits per heavy atom. The van der Waals surface area contributed by atoms with Crippen molar-refractivity contribution in [3.63, 3.8) is 0 Å². The summed E-state index contributed by atoms with van der Waals surface area (Å²) in [6.45, 7) is 9.38. The zero-order valence-corrected chi connectivity index (χ0v) is 12.7. The summed E-state index contributed by atoms with van der Waals surface area (Å²) in [7, 11) is 0. The van der Waals surface area contributed by atoms with Crippen LogP contribution in [0.5, 0.6) is 0 Å². The Morgan fingerprint density at radius 3 is 2.55 bits per heavy atom. The van der Waals surface area contributed by atoms with E-state index in [1.807, 2.05) is 13.8 Å². The summed E-state index contributed by atoms with van der Waals surface area (Å²) in [6.07, 6.45) is 1.95. The molecule has 2 atom stereocenters. The molecule has 1 rings (SSSR count). The molecule has 0 saturated heterocycles. The van der Waals surface area contributed by atoms with Crippen LogP contribution in [0.15, 0.2) is 4.42 Å². The van der Waals surface area contributed by atoms with E-state index in [4.69, 9.17) is 4.42 Å². The van der Waals surface area contributed by atoms with Crippen LogP contribution in [-0.4, -0.2) is 35.2 Å². The highest BCUT2D eigenvalue weighted by Crippen LogP contribution is 2.14. The van der Waals surface area contributed by atoms with Gasteiger partial charge < -0.3 is 20.4 Å². The highest BCUT2D eigenvalue weighted by Gasteiger charge is 2.17. The lowest BCUT2D eigenvalue weighted by molar-refractivity contribution is -0.121. The van der Waals surface area contributed by atoms with Crippen molar-refractivity contribution in [2.45, 2.75) is 52.6 Å². The minimum absolute atomic E-state index is 0.00206. The van der Waals surface area contributed by atoms with Crippen LogP contribution in [0.25, 0.3) is 0 Å². The standard InChI is InChI=1S/C13H25N5O2/c1-5-7-14-10(4)12-17-18-13(20-12)16-9(3)11(19)15-8-6-2/h9-10,14H,5-8H2,1-4H3,(H,15,19)(H,16,18). The van der Waals surface area contributed by atoms with E-state index in [1.165, 1.54) is 0 Å². The average molecular weight is 283 g/mol. The second-order valence-electron chi connectivity index (χ2n) is 4.78. The van der Waals surface area contributed by atoms with Gasteiger partial charge in [-0.1, -0.05) is 18.9 Å². The first-order valence-corrected chi connectivity index (χ1v) is 7.19. The van der Waals surface area contributed by atoms with Gasteiger partial charge in [0.25, 0.3) is 0 Å². The van der Waals surface area contributed by atoms with E-state index in [2.05, 4.69) is 33.1 Å². The number of hydrogen-bond acceptors (Lipinski definition) is 6. The molecule has 0 bridgehead atoms. The van der Waals surface area contributed by atoms with Gasteiger partial charge >= 0.3 is 6.01 Å². The topological polar surface area (TPSA) is 92.1 Å². The molecule has 7 nitrogen and oxygen atoms in total. The fourth-order valence-corrected chi connectivity index (χ4v) is 1.57. The van der Waals surface area contributed by atoms with Gasteiger partial charge in [0, 0.05) is 6.54 Å². The Hall–Kier alpha value is -1.63. The van der Waals surface area contributed by atoms with Gasteiger partial charge in [0.2, 0.25) is 11.8 Å².